The van der Waals surface area contributed by atoms with Crippen LogP contribution in [-0.2, 0) is 6.42 Å². The Morgan fingerprint density at radius 2 is 2.25 bits per heavy atom. The minimum Gasteiger partial charge on any atom is -0.395 e. The summed E-state index contributed by atoms with van der Waals surface area (Å²) in [6.45, 7) is 6.02. The van der Waals surface area contributed by atoms with Crippen molar-refractivity contribution in [3.8, 4) is 0 Å². The quantitative estimate of drug-likeness (QED) is 0.708. The topological polar surface area (TPSA) is 83.8 Å². The van der Waals surface area contributed by atoms with E-state index in [9.17, 15) is 4.79 Å². The molecule has 1 rings (SSSR count). The molecule has 1 heterocycles. The van der Waals surface area contributed by atoms with E-state index in [0.717, 1.165) is 25.0 Å². The zero-order chi connectivity index (χ0) is 12.1. The number of carbonyl (C=O) groups excluding carboxylic acids is 1. The summed E-state index contributed by atoms with van der Waals surface area (Å²) in [7, 11) is 0. The van der Waals surface area contributed by atoms with Crippen LogP contribution in [0.1, 0.15) is 49.8 Å². The molecule has 0 radical (unpaired) electrons. The summed E-state index contributed by atoms with van der Waals surface area (Å²) in [5, 5.41) is 9.61. The van der Waals surface area contributed by atoms with Crippen molar-refractivity contribution in [2.24, 2.45) is 0 Å². The first-order valence-electron chi connectivity index (χ1n) is 5.73. The first-order valence-corrected chi connectivity index (χ1v) is 5.73. The molecule has 1 aromatic heterocycles. The number of carbonyl (C=O) groups is 1. The van der Waals surface area contributed by atoms with Crippen molar-refractivity contribution in [3.63, 3.8) is 0 Å². The molecule has 0 aromatic carbocycles. The molecule has 16 heavy (non-hydrogen) atoms. The van der Waals surface area contributed by atoms with Gasteiger partial charge in [0.2, 0.25) is 0 Å². The number of rotatable bonds is 5. The number of amides is 1. The van der Waals surface area contributed by atoms with Crippen LogP contribution in [0.15, 0.2) is 0 Å². The van der Waals surface area contributed by atoms with E-state index >= 15 is 0 Å². The molecule has 1 aromatic rings. The van der Waals surface area contributed by atoms with E-state index in [1.54, 1.807) is 0 Å². The molecular formula is C11H20N4O. The van der Waals surface area contributed by atoms with Crippen LogP contribution in [0.5, 0.6) is 0 Å². The van der Waals surface area contributed by atoms with Crippen molar-refractivity contribution < 1.29 is 4.79 Å². The average molecular weight is 224 g/mol. The lowest BCUT2D eigenvalue weighted by molar-refractivity contribution is 0.0935. The predicted octanol–water partition coefficient (Wildman–Crippen LogP) is 1.47. The van der Waals surface area contributed by atoms with Gasteiger partial charge in [0.15, 0.2) is 5.69 Å². The molecule has 0 aliphatic heterocycles. The van der Waals surface area contributed by atoms with Crippen LogP contribution in [-0.4, -0.2) is 22.1 Å². The first kappa shape index (κ1) is 12.5. The largest absolute Gasteiger partial charge is 0.395 e. The fourth-order valence-electron chi connectivity index (χ4n) is 1.39. The second-order valence-electron chi connectivity index (χ2n) is 4.00. The van der Waals surface area contributed by atoms with Crippen LogP contribution in [0, 0.1) is 0 Å². The van der Waals surface area contributed by atoms with Gasteiger partial charge in [-0.3, -0.25) is 9.89 Å². The maximum atomic E-state index is 11.8. The van der Waals surface area contributed by atoms with Crippen LogP contribution in [0.25, 0.3) is 0 Å². The van der Waals surface area contributed by atoms with Crippen LogP contribution >= 0.6 is 0 Å². The summed E-state index contributed by atoms with van der Waals surface area (Å²) >= 11 is 0. The number of aromatic nitrogens is 2. The first-order chi connectivity index (χ1) is 7.60. The molecule has 0 aliphatic rings. The number of nitrogen functional groups attached to an aromatic ring is 1. The molecule has 90 valence electrons. The number of H-pyrrole nitrogens is 1. The SMILES string of the molecule is CCCc1[nH]nc(C(=O)NC(C)CC)c1N. The lowest BCUT2D eigenvalue weighted by Crippen LogP contribution is -2.32. The molecule has 0 aliphatic carbocycles. The Morgan fingerprint density at radius 1 is 1.56 bits per heavy atom. The highest BCUT2D eigenvalue weighted by atomic mass is 16.2. The molecular weight excluding hydrogens is 204 g/mol. The Morgan fingerprint density at radius 3 is 2.81 bits per heavy atom. The Bertz CT molecular complexity index is 359. The highest BCUT2D eigenvalue weighted by molar-refractivity contribution is 5.97. The number of anilines is 1. The second-order valence-corrected chi connectivity index (χ2v) is 4.00. The fraction of sp³-hybridized carbons (Fsp3) is 0.636. The van der Waals surface area contributed by atoms with E-state index in [0.29, 0.717) is 11.4 Å². The summed E-state index contributed by atoms with van der Waals surface area (Å²) < 4.78 is 0. The summed E-state index contributed by atoms with van der Waals surface area (Å²) in [6.07, 6.45) is 2.67. The second kappa shape index (κ2) is 5.53. The lowest BCUT2D eigenvalue weighted by atomic mass is 10.2. The zero-order valence-electron chi connectivity index (χ0n) is 10.1. The van der Waals surface area contributed by atoms with Gasteiger partial charge < -0.3 is 11.1 Å². The van der Waals surface area contributed by atoms with Crippen molar-refractivity contribution in [2.75, 3.05) is 5.73 Å². The highest BCUT2D eigenvalue weighted by Gasteiger charge is 2.17. The van der Waals surface area contributed by atoms with Crippen molar-refractivity contribution in [1.82, 2.24) is 15.5 Å². The van der Waals surface area contributed by atoms with Gasteiger partial charge in [0.05, 0.1) is 11.4 Å². The molecule has 0 bridgehead atoms. The maximum Gasteiger partial charge on any atom is 0.274 e. The molecule has 4 N–H and O–H groups in total. The molecule has 0 saturated heterocycles. The van der Waals surface area contributed by atoms with E-state index in [4.69, 9.17) is 5.73 Å². The number of hydrogen-bond donors (Lipinski definition) is 3. The smallest absolute Gasteiger partial charge is 0.274 e. The molecule has 0 saturated carbocycles. The number of nitrogens with two attached hydrogens (primary N) is 1. The number of aryl methyl sites for hydroxylation is 1. The molecule has 5 nitrogen and oxygen atoms in total. The summed E-state index contributed by atoms with van der Waals surface area (Å²) in [5.41, 5.74) is 7.48. The van der Waals surface area contributed by atoms with Gasteiger partial charge in [-0.2, -0.15) is 5.10 Å². The van der Waals surface area contributed by atoms with Gasteiger partial charge in [-0.1, -0.05) is 20.3 Å². The normalized spacial score (nSPS) is 12.4. The van der Waals surface area contributed by atoms with Gasteiger partial charge in [0, 0.05) is 6.04 Å². The molecule has 0 spiro atoms. The van der Waals surface area contributed by atoms with Crippen LogP contribution < -0.4 is 11.1 Å². The minimum absolute atomic E-state index is 0.137. The van der Waals surface area contributed by atoms with Gasteiger partial charge >= 0.3 is 0 Å². The van der Waals surface area contributed by atoms with Crippen molar-refractivity contribution in [1.29, 1.82) is 0 Å². The number of hydrogen-bond acceptors (Lipinski definition) is 3. The minimum atomic E-state index is -0.203. The third kappa shape index (κ3) is 2.74. The predicted molar refractivity (Wildman–Crippen MR) is 64.2 cm³/mol. The zero-order valence-corrected chi connectivity index (χ0v) is 10.1. The molecule has 5 heteroatoms. The number of aromatic amines is 1. The van der Waals surface area contributed by atoms with Gasteiger partial charge in [-0.05, 0) is 19.8 Å². The van der Waals surface area contributed by atoms with Crippen LogP contribution in [0.4, 0.5) is 5.69 Å². The van der Waals surface area contributed by atoms with E-state index < -0.39 is 0 Å². The maximum absolute atomic E-state index is 11.8. The third-order valence-corrected chi connectivity index (χ3v) is 2.59. The Kier molecular flexibility index (Phi) is 4.34. The van der Waals surface area contributed by atoms with Crippen LogP contribution in [0.3, 0.4) is 0 Å². The molecule has 1 amide bonds. The third-order valence-electron chi connectivity index (χ3n) is 2.59. The van der Waals surface area contributed by atoms with Crippen molar-refractivity contribution >= 4 is 11.6 Å². The lowest BCUT2D eigenvalue weighted by Gasteiger charge is -2.09. The van der Waals surface area contributed by atoms with Crippen LogP contribution in [0.2, 0.25) is 0 Å². The van der Waals surface area contributed by atoms with E-state index in [1.807, 2.05) is 13.8 Å². The Hall–Kier alpha value is -1.52. The van der Waals surface area contributed by atoms with Gasteiger partial charge in [-0.25, -0.2) is 0 Å². The average Bonchev–Trinajstić information content (AvgIpc) is 2.61. The van der Waals surface area contributed by atoms with E-state index in [-0.39, 0.29) is 11.9 Å². The van der Waals surface area contributed by atoms with Crippen molar-refractivity contribution in [2.45, 2.75) is 46.1 Å². The Labute approximate surface area is 95.8 Å². The number of nitrogens with one attached hydrogen (secondary N) is 2. The van der Waals surface area contributed by atoms with E-state index in [2.05, 4.69) is 22.4 Å². The molecule has 0 fully saturated rings. The summed E-state index contributed by atoms with van der Waals surface area (Å²) in [4.78, 5) is 11.8. The summed E-state index contributed by atoms with van der Waals surface area (Å²) in [6, 6.07) is 0.137. The molecule has 1 atom stereocenters. The highest BCUT2D eigenvalue weighted by Crippen LogP contribution is 2.15. The standard InChI is InChI=1S/C11H20N4O/c1-4-6-8-9(12)10(15-14-8)11(16)13-7(3)5-2/h7H,4-6,12H2,1-3H3,(H,13,16)(H,14,15). The van der Waals surface area contributed by atoms with E-state index in [1.165, 1.54) is 0 Å². The fourth-order valence-corrected chi connectivity index (χ4v) is 1.39. The molecule has 1 unspecified atom stereocenters. The van der Waals surface area contributed by atoms with Crippen molar-refractivity contribution in [3.05, 3.63) is 11.4 Å². The van der Waals surface area contributed by atoms with Gasteiger partial charge in [0.1, 0.15) is 0 Å². The number of nitrogens with zero attached hydrogens (tertiary/aromatic N) is 1. The van der Waals surface area contributed by atoms with Gasteiger partial charge in [-0.15, -0.1) is 0 Å². The summed E-state index contributed by atoms with van der Waals surface area (Å²) in [5.74, 6) is -0.203. The monoisotopic (exact) mass is 224 g/mol. The Balaban J connectivity index is 2.76. The van der Waals surface area contributed by atoms with Gasteiger partial charge in [0.25, 0.3) is 5.91 Å².